The maximum atomic E-state index is 11.7. The van der Waals surface area contributed by atoms with Crippen molar-refractivity contribution in [3.05, 3.63) is 45.5 Å². The zero-order valence-electron chi connectivity index (χ0n) is 8.62. The number of hydrogen-bond acceptors (Lipinski definition) is 2. The Bertz CT molecular complexity index is 575. The van der Waals surface area contributed by atoms with Crippen LogP contribution in [0.2, 0.25) is 0 Å². The lowest BCUT2D eigenvalue weighted by Gasteiger charge is -2.05. The topological polar surface area (TPSA) is 34.4 Å². The van der Waals surface area contributed by atoms with E-state index >= 15 is 0 Å². The molecule has 0 atom stereocenters. The second-order valence-corrected chi connectivity index (χ2v) is 3.85. The molecule has 0 aliphatic rings. The highest BCUT2D eigenvalue weighted by molar-refractivity contribution is 6.16. The van der Waals surface area contributed by atoms with E-state index in [1.807, 2.05) is 19.9 Å². The summed E-state index contributed by atoms with van der Waals surface area (Å²) in [5, 5.41) is 0. The molecule has 0 saturated heterocycles. The standard InChI is InChI=1S/C11H11ClN2O/c1-7-3-10-13-9(5-12)4-11(15)14(10)6-8(7)2/h3-4,6H,5H2,1-2H3. The van der Waals surface area contributed by atoms with E-state index in [1.54, 1.807) is 10.6 Å². The summed E-state index contributed by atoms with van der Waals surface area (Å²) in [7, 11) is 0. The van der Waals surface area contributed by atoms with Crippen LogP contribution in [0.3, 0.4) is 0 Å². The van der Waals surface area contributed by atoms with Gasteiger partial charge in [0.25, 0.3) is 5.56 Å². The Kier molecular flexibility index (Phi) is 2.49. The molecule has 4 heteroatoms. The average Bonchev–Trinajstić information content (AvgIpc) is 2.21. The highest BCUT2D eigenvalue weighted by Crippen LogP contribution is 2.09. The molecule has 0 aliphatic heterocycles. The minimum atomic E-state index is -0.0845. The van der Waals surface area contributed by atoms with Gasteiger partial charge in [0.15, 0.2) is 0 Å². The predicted molar refractivity (Wildman–Crippen MR) is 60.5 cm³/mol. The van der Waals surface area contributed by atoms with Gasteiger partial charge in [0.2, 0.25) is 0 Å². The second kappa shape index (κ2) is 3.66. The number of alkyl halides is 1. The van der Waals surface area contributed by atoms with Gasteiger partial charge in [-0.2, -0.15) is 0 Å². The van der Waals surface area contributed by atoms with Crippen LogP contribution in [0.1, 0.15) is 16.8 Å². The molecule has 0 fully saturated rings. The molecule has 0 amide bonds. The monoisotopic (exact) mass is 222 g/mol. The molecule has 0 bridgehead atoms. The lowest BCUT2D eigenvalue weighted by molar-refractivity contribution is 0.992. The fourth-order valence-corrected chi connectivity index (χ4v) is 1.60. The molecule has 2 aromatic rings. The molecule has 0 spiro atoms. The minimum Gasteiger partial charge on any atom is -0.269 e. The van der Waals surface area contributed by atoms with Gasteiger partial charge in [0.1, 0.15) is 5.65 Å². The average molecular weight is 223 g/mol. The van der Waals surface area contributed by atoms with Crippen LogP contribution in [-0.4, -0.2) is 9.38 Å². The number of pyridine rings is 1. The van der Waals surface area contributed by atoms with Crippen LogP contribution in [0, 0.1) is 13.8 Å². The Balaban J connectivity index is 2.86. The van der Waals surface area contributed by atoms with Gasteiger partial charge in [0, 0.05) is 12.3 Å². The van der Waals surface area contributed by atoms with E-state index in [-0.39, 0.29) is 11.4 Å². The number of aromatic nitrogens is 2. The van der Waals surface area contributed by atoms with Crippen molar-refractivity contribution < 1.29 is 0 Å². The second-order valence-electron chi connectivity index (χ2n) is 3.59. The Morgan fingerprint density at radius 3 is 2.73 bits per heavy atom. The number of rotatable bonds is 1. The summed E-state index contributed by atoms with van der Waals surface area (Å²) in [6.45, 7) is 3.96. The molecular formula is C11H11ClN2O. The lowest BCUT2D eigenvalue weighted by Crippen LogP contribution is -2.15. The molecule has 3 nitrogen and oxygen atoms in total. The van der Waals surface area contributed by atoms with Crippen LogP contribution in [0.4, 0.5) is 0 Å². The summed E-state index contributed by atoms with van der Waals surface area (Å²) in [6.07, 6.45) is 1.80. The number of hydrogen-bond donors (Lipinski definition) is 0. The first kappa shape index (κ1) is 10.2. The summed E-state index contributed by atoms with van der Waals surface area (Å²) >= 11 is 5.66. The van der Waals surface area contributed by atoms with Crippen molar-refractivity contribution in [2.45, 2.75) is 19.7 Å². The summed E-state index contributed by atoms with van der Waals surface area (Å²) < 4.78 is 1.54. The Morgan fingerprint density at radius 1 is 1.33 bits per heavy atom. The molecule has 0 N–H and O–H groups in total. The number of halogens is 1. The van der Waals surface area contributed by atoms with Crippen LogP contribution in [-0.2, 0) is 5.88 Å². The number of aryl methyl sites for hydroxylation is 2. The van der Waals surface area contributed by atoms with Gasteiger partial charge in [-0.15, -0.1) is 11.6 Å². The van der Waals surface area contributed by atoms with Crippen molar-refractivity contribution in [3.63, 3.8) is 0 Å². The highest BCUT2D eigenvalue weighted by atomic mass is 35.5. The largest absolute Gasteiger partial charge is 0.269 e. The quantitative estimate of drug-likeness (QED) is 0.693. The van der Waals surface area contributed by atoms with Crippen molar-refractivity contribution in [1.82, 2.24) is 9.38 Å². The van der Waals surface area contributed by atoms with Gasteiger partial charge < -0.3 is 0 Å². The highest BCUT2D eigenvalue weighted by Gasteiger charge is 2.03. The molecule has 0 aromatic carbocycles. The normalized spacial score (nSPS) is 10.9. The third kappa shape index (κ3) is 1.75. The summed E-state index contributed by atoms with van der Waals surface area (Å²) in [5.41, 5.74) is 3.38. The van der Waals surface area contributed by atoms with E-state index in [0.717, 1.165) is 11.1 Å². The molecule has 0 saturated carbocycles. The molecule has 0 unspecified atom stereocenters. The van der Waals surface area contributed by atoms with E-state index in [0.29, 0.717) is 11.3 Å². The maximum Gasteiger partial charge on any atom is 0.258 e. The van der Waals surface area contributed by atoms with Crippen LogP contribution in [0.5, 0.6) is 0 Å². The van der Waals surface area contributed by atoms with Crippen molar-refractivity contribution in [3.8, 4) is 0 Å². The Hall–Kier alpha value is -1.35. The van der Waals surface area contributed by atoms with Crippen LogP contribution >= 0.6 is 11.6 Å². The Labute approximate surface area is 92.3 Å². The zero-order chi connectivity index (χ0) is 11.0. The molecule has 2 aromatic heterocycles. The summed E-state index contributed by atoms with van der Waals surface area (Å²) in [6, 6.07) is 3.36. The van der Waals surface area contributed by atoms with Gasteiger partial charge in [0.05, 0.1) is 11.6 Å². The van der Waals surface area contributed by atoms with Crippen molar-refractivity contribution in [2.24, 2.45) is 0 Å². The molecule has 2 heterocycles. The molecule has 0 radical (unpaired) electrons. The van der Waals surface area contributed by atoms with Crippen LogP contribution in [0.25, 0.3) is 5.65 Å². The van der Waals surface area contributed by atoms with Crippen molar-refractivity contribution in [1.29, 1.82) is 0 Å². The molecular weight excluding hydrogens is 212 g/mol. The zero-order valence-corrected chi connectivity index (χ0v) is 9.38. The van der Waals surface area contributed by atoms with E-state index in [9.17, 15) is 4.79 Å². The van der Waals surface area contributed by atoms with Gasteiger partial charge >= 0.3 is 0 Å². The number of nitrogens with zero attached hydrogens (tertiary/aromatic N) is 2. The number of fused-ring (bicyclic) bond motifs is 1. The van der Waals surface area contributed by atoms with Gasteiger partial charge in [-0.25, -0.2) is 4.98 Å². The van der Waals surface area contributed by atoms with Gasteiger partial charge in [-0.1, -0.05) is 0 Å². The Morgan fingerprint density at radius 2 is 2.07 bits per heavy atom. The van der Waals surface area contributed by atoms with Crippen LogP contribution in [0.15, 0.2) is 23.1 Å². The fraction of sp³-hybridized carbons (Fsp3) is 0.273. The van der Waals surface area contributed by atoms with E-state index in [2.05, 4.69) is 4.98 Å². The SMILES string of the molecule is Cc1cc2nc(CCl)cc(=O)n2cc1C. The third-order valence-corrected chi connectivity index (χ3v) is 2.73. The van der Waals surface area contributed by atoms with E-state index < -0.39 is 0 Å². The first-order valence-corrected chi connectivity index (χ1v) is 5.21. The molecule has 2 rings (SSSR count). The van der Waals surface area contributed by atoms with Crippen molar-refractivity contribution >= 4 is 17.2 Å². The summed E-state index contributed by atoms with van der Waals surface area (Å²) in [4.78, 5) is 16.0. The predicted octanol–water partition coefficient (Wildman–Crippen LogP) is 2.05. The minimum absolute atomic E-state index is 0.0845. The maximum absolute atomic E-state index is 11.7. The van der Waals surface area contributed by atoms with Crippen LogP contribution < -0.4 is 5.56 Å². The molecule has 0 aliphatic carbocycles. The molecule has 15 heavy (non-hydrogen) atoms. The van der Waals surface area contributed by atoms with E-state index in [1.165, 1.54) is 6.07 Å². The van der Waals surface area contributed by atoms with Gasteiger partial charge in [-0.05, 0) is 31.0 Å². The fourth-order valence-electron chi connectivity index (χ4n) is 1.46. The summed E-state index contributed by atoms with van der Waals surface area (Å²) in [5.74, 6) is 0.263. The lowest BCUT2D eigenvalue weighted by atomic mass is 10.2. The third-order valence-electron chi connectivity index (χ3n) is 2.46. The smallest absolute Gasteiger partial charge is 0.258 e. The first-order valence-electron chi connectivity index (χ1n) is 4.67. The molecule has 78 valence electrons. The van der Waals surface area contributed by atoms with E-state index in [4.69, 9.17) is 11.6 Å². The first-order chi connectivity index (χ1) is 7.11. The van der Waals surface area contributed by atoms with Gasteiger partial charge in [-0.3, -0.25) is 9.20 Å². The van der Waals surface area contributed by atoms with Crippen molar-refractivity contribution in [2.75, 3.05) is 0 Å².